The van der Waals surface area contributed by atoms with E-state index in [-0.39, 0.29) is 23.4 Å². The monoisotopic (exact) mass is 470 g/mol. The Labute approximate surface area is 201 Å². The van der Waals surface area contributed by atoms with Crippen molar-refractivity contribution < 1.29 is 23.8 Å². The molecule has 1 aromatic heterocycles. The second-order valence-electron chi connectivity index (χ2n) is 8.38. The highest BCUT2D eigenvalue weighted by molar-refractivity contribution is 6.46. The van der Waals surface area contributed by atoms with Crippen molar-refractivity contribution >= 4 is 28.4 Å². The Hall–Kier alpha value is -4.39. The molecule has 1 atom stereocenters. The Bertz CT molecular complexity index is 1440. The zero-order valence-corrected chi connectivity index (χ0v) is 19.0. The Balaban J connectivity index is 1.56. The highest BCUT2D eigenvalue weighted by Crippen LogP contribution is 2.40. The van der Waals surface area contributed by atoms with Gasteiger partial charge in [-0.15, -0.1) is 0 Å². The van der Waals surface area contributed by atoms with E-state index in [0.717, 1.165) is 16.5 Å². The number of aromatic nitrogens is 1. The highest BCUT2D eigenvalue weighted by Gasteiger charge is 2.45. The molecule has 1 aliphatic heterocycles. The molecule has 6 nitrogen and oxygen atoms in total. The first kappa shape index (κ1) is 22.4. The summed E-state index contributed by atoms with van der Waals surface area (Å²) in [5, 5.41) is 12.1. The number of nitrogens with zero attached hydrogens (tertiary/aromatic N) is 1. The normalized spacial score (nSPS) is 17.3. The Morgan fingerprint density at radius 1 is 1.03 bits per heavy atom. The second-order valence-corrected chi connectivity index (χ2v) is 8.38. The van der Waals surface area contributed by atoms with E-state index in [2.05, 4.69) is 4.98 Å². The Morgan fingerprint density at radius 2 is 1.74 bits per heavy atom. The molecule has 0 bridgehead atoms. The third kappa shape index (κ3) is 4.05. The molecule has 1 saturated heterocycles. The molecule has 1 aliphatic rings. The van der Waals surface area contributed by atoms with Crippen molar-refractivity contribution in [3.63, 3.8) is 0 Å². The van der Waals surface area contributed by atoms with Crippen LogP contribution < -0.4 is 4.74 Å². The second kappa shape index (κ2) is 9.10. The molecule has 0 aliphatic carbocycles. The number of aliphatic hydroxyl groups excluding tert-OH is 1. The van der Waals surface area contributed by atoms with Gasteiger partial charge in [-0.1, -0.05) is 30.3 Å². The van der Waals surface area contributed by atoms with E-state index in [9.17, 15) is 19.1 Å². The maximum atomic E-state index is 13.4. The summed E-state index contributed by atoms with van der Waals surface area (Å²) in [5.41, 5.74) is 2.92. The number of H-pyrrole nitrogens is 1. The van der Waals surface area contributed by atoms with E-state index < -0.39 is 23.5 Å². The minimum absolute atomic E-state index is 0.0225. The average Bonchev–Trinajstić information content (AvgIpc) is 3.41. The summed E-state index contributed by atoms with van der Waals surface area (Å²) in [5.74, 6) is -1.63. The van der Waals surface area contributed by atoms with Crippen LogP contribution in [0.1, 0.15) is 22.7 Å². The van der Waals surface area contributed by atoms with Gasteiger partial charge in [0.2, 0.25) is 0 Å². The van der Waals surface area contributed by atoms with Crippen molar-refractivity contribution in [3.8, 4) is 5.75 Å². The molecule has 176 valence electrons. The number of aliphatic hydroxyl groups is 1. The number of likely N-dealkylation sites (tertiary alicyclic amines) is 1. The predicted molar refractivity (Wildman–Crippen MR) is 130 cm³/mol. The lowest BCUT2D eigenvalue weighted by Crippen LogP contribution is -2.31. The number of Topliss-reactive ketones (excluding diaryl/α,β-unsaturated/α-hetero) is 1. The third-order valence-corrected chi connectivity index (χ3v) is 6.39. The number of rotatable bonds is 6. The molecule has 2 N–H and O–H groups in total. The van der Waals surface area contributed by atoms with Crippen LogP contribution in [0.3, 0.4) is 0 Å². The fourth-order valence-corrected chi connectivity index (χ4v) is 4.59. The SMILES string of the molecule is COc1ccc([C@@H]2C(=C(O)c3ccc(F)cc3)C(=O)C(=O)N2CCc2c[nH]c3ccccc23)cc1. The topological polar surface area (TPSA) is 82.6 Å². The van der Waals surface area contributed by atoms with E-state index in [1.54, 1.807) is 31.4 Å². The Kier molecular flexibility index (Phi) is 5.82. The van der Waals surface area contributed by atoms with Crippen molar-refractivity contribution in [1.29, 1.82) is 0 Å². The summed E-state index contributed by atoms with van der Waals surface area (Å²) in [4.78, 5) is 31.1. The first-order valence-electron chi connectivity index (χ1n) is 11.2. The largest absolute Gasteiger partial charge is 0.507 e. The van der Waals surface area contributed by atoms with Crippen molar-refractivity contribution in [3.05, 3.63) is 107 Å². The predicted octanol–water partition coefficient (Wildman–Crippen LogP) is 4.98. The van der Waals surface area contributed by atoms with Gasteiger partial charge in [-0.05, 0) is 60.0 Å². The lowest BCUT2D eigenvalue weighted by Gasteiger charge is -2.25. The van der Waals surface area contributed by atoms with Crippen molar-refractivity contribution in [2.45, 2.75) is 12.5 Å². The van der Waals surface area contributed by atoms with Crippen LogP contribution in [0.2, 0.25) is 0 Å². The van der Waals surface area contributed by atoms with Crippen LogP contribution in [-0.4, -0.2) is 40.3 Å². The van der Waals surface area contributed by atoms with Gasteiger partial charge in [-0.3, -0.25) is 9.59 Å². The van der Waals surface area contributed by atoms with Gasteiger partial charge in [0.1, 0.15) is 17.3 Å². The molecule has 4 aromatic rings. The van der Waals surface area contributed by atoms with Crippen LogP contribution >= 0.6 is 0 Å². The number of ketones is 1. The van der Waals surface area contributed by atoms with Crippen LogP contribution in [0.4, 0.5) is 4.39 Å². The number of hydrogen-bond donors (Lipinski definition) is 2. The number of carbonyl (C=O) groups excluding carboxylic acids is 2. The van der Waals surface area contributed by atoms with Crippen LogP contribution in [-0.2, 0) is 16.0 Å². The van der Waals surface area contributed by atoms with Gasteiger partial charge < -0.3 is 19.7 Å². The number of methoxy groups -OCH3 is 1. The number of amides is 1. The minimum atomic E-state index is -0.795. The summed E-state index contributed by atoms with van der Waals surface area (Å²) >= 11 is 0. The summed E-state index contributed by atoms with van der Waals surface area (Å²) in [6, 6.07) is 19.3. The fraction of sp³-hybridized carbons (Fsp3) is 0.143. The third-order valence-electron chi connectivity index (χ3n) is 6.39. The number of hydrogen-bond acceptors (Lipinski definition) is 4. The van der Waals surface area contributed by atoms with Crippen molar-refractivity contribution in [2.75, 3.05) is 13.7 Å². The number of halogens is 1. The van der Waals surface area contributed by atoms with Gasteiger partial charge in [0.15, 0.2) is 0 Å². The molecule has 2 heterocycles. The summed E-state index contributed by atoms with van der Waals surface area (Å²) < 4.78 is 18.7. The number of nitrogens with one attached hydrogen (secondary N) is 1. The van der Waals surface area contributed by atoms with E-state index in [1.165, 1.54) is 29.2 Å². The van der Waals surface area contributed by atoms with Gasteiger partial charge in [-0.2, -0.15) is 0 Å². The van der Waals surface area contributed by atoms with Gasteiger partial charge in [-0.25, -0.2) is 4.39 Å². The number of fused-ring (bicyclic) bond motifs is 1. The molecule has 1 fully saturated rings. The lowest BCUT2D eigenvalue weighted by atomic mass is 9.95. The summed E-state index contributed by atoms with van der Waals surface area (Å²) in [7, 11) is 1.55. The first-order chi connectivity index (χ1) is 17.0. The number of ether oxygens (including phenoxy) is 1. The van der Waals surface area contributed by atoms with Gasteiger partial charge in [0.05, 0.1) is 18.7 Å². The molecular formula is C28H23FN2O4. The summed E-state index contributed by atoms with van der Waals surface area (Å²) in [6.45, 7) is 0.267. The average molecular weight is 471 g/mol. The maximum Gasteiger partial charge on any atom is 0.295 e. The number of carbonyl (C=O) groups is 2. The number of benzene rings is 3. The first-order valence-corrected chi connectivity index (χ1v) is 11.2. The van der Waals surface area contributed by atoms with Crippen LogP contribution in [0.25, 0.3) is 16.7 Å². The minimum Gasteiger partial charge on any atom is -0.507 e. The van der Waals surface area contributed by atoms with Crippen LogP contribution in [0.15, 0.2) is 84.6 Å². The lowest BCUT2D eigenvalue weighted by molar-refractivity contribution is -0.139. The van der Waals surface area contributed by atoms with Gasteiger partial charge >= 0.3 is 0 Å². The molecular weight excluding hydrogens is 447 g/mol. The molecule has 0 unspecified atom stereocenters. The number of aromatic amines is 1. The van der Waals surface area contributed by atoms with Crippen molar-refractivity contribution in [2.24, 2.45) is 0 Å². The van der Waals surface area contributed by atoms with E-state index in [4.69, 9.17) is 4.74 Å². The molecule has 3 aromatic carbocycles. The smallest absolute Gasteiger partial charge is 0.295 e. The zero-order valence-electron chi connectivity index (χ0n) is 19.0. The van der Waals surface area contributed by atoms with E-state index in [1.807, 2.05) is 30.5 Å². The molecule has 35 heavy (non-hydrogen) atoms. The van der Waals surface area contributed by atoms with Crippen molar-refractivity contribution in [1.82, 2.24) is 9.88 Å². The Morgan fingerprint density at radius 3 is 2.46 bits per heavy atom. The summed E-state index contributed by atoms with van der Waals surface area (Å²) in [6.07, 6.45) is 2.42. The van der Waals surface area contributed by atoms with Crippen LogP contribution in [0.5, 0.6) is 5.75 Å². The standard InChI is InChI=1S/C28H23FN2O4/c1-35-21-12-8-17(9-13-21)25-24(26(32)18-6-10-20(29)11-7-18)27(33)28(34)31(25)15-14-19-16-30-23-5-3-2-4-22(19)23/h2-13,16,25,30,32H,14-15H2,1H3/t25-/m1/s1. The molecule has 7 heteroatoms. The van der Waals surface area contributed by atoms with E-state index >= 15 is 0 Å². The van der Waals surface area contributed by atoms with Gasteiger partial charge in [0, 0.05) is 29.2 Å². The quantitative estimate of drug-likeness (QED) is 0.237. The molecule has 0 saturated carbocycles. The molecule has 0 spiro atoms. The maximum absolute atomic E-state index is 13.4. The zero-order chi connectivity index (χ0) is 24.5. The van der Waals surface area contributed by atoms with E-state index in [0.29, 0.717) is 17.7 Å². The fourth-order valence-electron chi connectivity index (χ4n) is 4.59. The van der Waals surface area contributed by atoms with Crippen LogP contribution in [0, 0.1) is 5.82 Å². The molecule has 0 radical (unpaired) electrons. The van der Waals surface area contributed by atoms with Gasteiger partial charge in [0.25, 0.3) is 11.7 Å². The molecule has 1 amide bonds. The number of para-hydroxylation sites is 1. The molecule has 5 rings (SSSR count). The highest BCUT2D eigenvalue weighted by atomic mass is 19.1.